The van der Waals surface area contributed by atoms with E-state index in [1.807, 2.05) is 58.0 Å². The van der Waals surface area contributed by atoms with E-state index in [2.05, 4.69) is 0 Å². The van der Waals surface area contributed by atoms with Crippen LogP contribution in [-0.2, 0) is 9.47 Å². The maximum absolute atomic E-state index is 12.8. The van der Waals surface area contributed by atoms with Gasteiger partial charge in [-0.15, -0.1) is 11.3 Å². The highest BCUT2D eigenvalue weighted by Crippen LogP contribution is 2.39. The van der Waals surface area contributed by atoms with Gasteiger partial charge < -0.3 is 14.2 Å². The molecular weight excluding hydrogens is 412 g/mol. The number of benzene rings is 2. The molecule has 1 heterocycles. The molecule has 6 heteroatoms. The molecule has 0 saturated carbocycles. The van der Waals surface area contributed by atoms with Gasteiger partial charge in [0.2, 0.25) is 0 Å². The zero-order valence-corrected chi connectivity index (χ0v) is 19.4. The molecule has 0 amide bonds. The SMILES string of the molecule is COc1ccccc1-c1cc2cc(C(=O)OCC(C)C)c(C(=O)OCC(C)C)cc2s1. The molecule has 164 valence electrons. The number of carbonyl (C=O) groups excluding carboxylic acids is 2. The van der Waals surface area contributed by atoms with Crippen LogP contribution in [0.1, 0.15) is 48.4 Å². The predicted molar refractivity (Wildman–Crippen MR) is 124 cm³/mol. The monoisotopic (exact) mass is 440 g/mol. The van der Waals surface area contributed by atoms with E-state index in [-0.39, 0.29) is 36.2 Å². The van der Waals surface area contributed by atoms with Gasteiger partial charge in [0.05, 0.1) is 31.5 Å². The fraction of sp³-hybridized carbons (Fsp3) is 0.360. The lowest BCUT2D eigenvalue weighted by atomic mass is 10.0. The summed E-state index contributed by atoms with van der Waals surface area (Å²) in [7, 11) is 1.64. The maximum Gasteiger partial charge on any atom is 0.339 e. The van der Waals surface area contributed by atoms with Crippen LogP contribution in [-0.4, -0.2) is 32.3 Å². The molecule has 0 spiro atoms. The largest absolute Gasteiger partial charge is 0.496 e. The normalized spacial score (nSPS) is 11.2. The number of para-hydroxylation sites is 1. The van der Waals surface area contributed by atoms with Crippen molar-refractivity contribution in [2.45, 2.75) is 27.7 Å². The lowest BCUT2D eigenvalue weighted by Gasteiger charge is -2.12. The second-order valence-electron chi connectivity index (χ2n) is 8.23. The van der Waals surface area contributed by atoms with E-state index in [1.165, 1.54) is 11.3 Å². The van der Waals surface area contributed by atoms with Gasteiger partial charge in [-0.25, -0.2) is 9.59 Å². The lowest BCUT2D eigenvalue weighted by molar-refractivity contribution is 0.0413. The first-order chi connectivity index (χ1) is 14.8. The van der Waals surface area contributed by atoms with Gasteiger partial charge in [0.25, 0.3) is 0 Å². The first-order valence-electron chi connectivity index (χ1n) is 10.3. The van der Waals surface area contributed by atoms with Crippen molar-refractivity contribution in [1.29, 1.82) is 0 Å². The van der Waals surface area contributed by atoms with E-state index >= 15 is 0 Å². The van der Waals surface area contributed by atoms with Crippen LogP contribution in [0.4, 0.5) is 0 Å². The van der Waals surface area contributed by atoms with Gasteiger partial charge in [-0.2, -0.15) is 0 Å². The smallest absolute Gasteiger partial charge is 0.339 e. The Bertz CT molecular complexity index is 1020. The molecule has 0 fully saturated rings. The molecular formula is C25H28O5S. The van der Waals surface area contributed by atoms with Crippen molar-refractivity contribution >= 4 is 33.4 Å². The van der Waals surface area contributed by atoms with Crippen molar-refractivity contribution in [3.05, 3.63) is 53.6 Å². The molecule has 5 nitrogen and oxygen atoms in total. The third kappa shape index (κ3) is 5.44. The molecule has 0 bridgehead atoms. The van der Waals surface area contributed by atoms with Crippen LogP contribution in [0.3, 0.4) is 0 Å². The standard InChI is InChI=1S/C25H28O5S/c1-15(2)13-29-24(26)19-10-17-11-23(18-8-6-7-9-21(18)28-5)31-22(17)12-20(19)25(27)30-14-16(3)4/h6-12,15-16H,13-14H2,1-5H3. The van der Waals surface area contributed by atoms with Gasteiger partial charge in [-0.3, -0.25) is 0 Å². The van der Waals surface area contributed by atoms with Crippen molar-refractivity contribution in [3.63, 3.8) is 0 Å². The molecule has 0 aliphatic heterocycles. The molecule has 3 rings (SSSR count). The summed E-state index contributed by atoms with van der Waals surface area (Å²) in [5.41, 5.74) is 1.42. The van der Waals surface area contributed by atoms with Crippen LogP contribution in [0, 0.1) is 11.8 Å². The summed E-state index contributed by atoms with van der Waals surface area (Å²) in [6, 6.07) is 13.2. The second kappa shape index (κ2) is 9.96. The highest BCUT2D eigenvalue weighted by atomic mass is 32.1. The third-order valence-corrected chi connectivity index (χ3v) is 5.70. The van der Waals surface area contributed by atoms with E-state index in [4.69, 9.17) is 14.2 Å². The summed E-state index contributed by atoms with van der Waals surface area (Å²) in [5, 5.41) is 0.864. The van der Waals surface area contributed by atoms with Gasteiger partial charge in [-0.05, 0) is 47.6 Å². The van der Waals surface area contributed by atoms with Crippen molar-refractivity contribution in [2.24, 2.45) is 11.8 Å². The Kier molecular flexibility index (Phi) is 7.33. The summed E-state index contributed by atoms with van der Waals surface area (Å²) >= 11 is 1.53. The van der Waals surface area contributed by atoms with Crippen molar-refractivity contribution in [2.75, 3.05) is 20.3 Å². The van der Waals surface area contributed by atoms with E-state index in [0.717, 1.165) is 26.3 Å². The Morgan fingerprint density at radius 1 is 0.871 bits per heavy atom. The number of carbonyl (C=O) groups is 2. The highest BCUT2D eigenvalue weighted by molar-refractivity contribution is 7.22. The number of esters is 2. The molecule has 0 saturated heterocycles. The van der Waals surface area contributed by atoms with Crippen LogP contribution in [0.5, 0.6) is 5.75 Å². The highest BCUT2D eigenvalue weighted by Gasteiger charge is 2.23. The Hall–Kier alpha value is -2.86. The zero-order valence-electron chi connectivity index (χ0n) is 18.6. The first-order valence-corrected chi connectivity index (χ1v) is 11.2. The third-order valence-electron chi connectivity index (χ3n) is 4.56. The van der Waals surface area contributed by atoms with Gasteiger partial charge in [-0.1, -0.05) is 39.8 Å². The average molecular weight is 441 g/mol. The summed E-state index contributed by atoms with van der Waals surface area (Å²) in [6.45, 7) is 8.43. The molecule has 0 N–H and O–H groups in total. The number of hydrogen-bond donors (Lipinski definition) is 0. The van der Waals surface area contributed by atoms with E-state index in [0.29, 0.717) is 0 Å². The number of rotatable bonds is 8. The first kappa shape index (κ1) is 22.8. The fourth-order valence-electron chi connectivity index (χ4n) is 3.05. The zero-order chi connectivity index (χ0) is 22.5. The summed E-state index contributed by atoms with van der Waals surface area (Å²) in [6.07, 6.45) is 0. The Labute approximate surface area is 186 Å². The topological polar surface area (TPSA) is 61.8 Å². The minimum absolute atomic E-state index is 0.197. The second-order valence-corrected chi connectivity index (χ2v) is 9.31. The van der Waals surface area contributed by atoms with E-state index < -0.39 is 11.9 Å². The molecule has 1 aromatic heterocycles. The molecule has 0 aliphatic carbocycles. The summed E-state index contributed by atoms with van der Waals surface area (Å²) < 4.78 is 17.2. The fourth-order valence-corrected chi connectivity index (χ4v) is 4.16. The summed E-state index contributed by atoms with van der Waals surface area (Å²) in [5.74, 6) is 0.129. The minimum atomic E-state index is -0.517. The Balaban J connectivity index is 2.07. The number of ether oxygens (including phenoxy) is 3. The van der Waals surface area contributed by atoms with Crippen LogP contribution in [0.25, 0.3) is 20.5 Å². The van der Waals surface area contributed by atoms with Gasteiger partial charge in [0, 0.05) is 15.1 Å². The molecule has 2 aromatic carbocycles. The lowest BCUT2D eigenvalue weighted by Crippen LogP contribution is -2.17. The van der Waals surface area contributed by atoms with Crippen LogP contribution < -0.4 is 4.74 Å². The minimum Gasteiger partial charge on any atom is -0.496 e. The molecule has 0 aliphatic rings. The molecule has 3 aromatic rings. The quantitative estimate of drug-likeness (QED) is 0.390. The van der Waals surface area contributed by atoms with Crippen LogP contribution >= 0.6 is 11.3 Å². The predicted octanol–water partition coefficient (Wildman–Crippen LogP) is 6.20. The van der Waals surface area contributed by atoms with Gasteiger partial charge in [0.1, 0.15) is 5.75 Å². The molecule has 0 atom stereocenters. The number of fused-ring (bicyclic) bond motifs is 1. The van der Waals surface area contributed by atoms with Crippen molar-refractivity contribution in [3.8, 4) is 16.2 Å². The number of hydrogen-bond acceptors (Lipinski definition) is 6. The van der Waals surface area contributed by atoms with E-state index in [1.54, 1.807) is 19.2 Å². The number of methoxy groups -OCH3 is 1. The molecule has 31 heavy (non-hydrogen) atoms. The van der Waals surface area contributed by atoms with Crippen LogP contribution in [0.2, 0.25) is 0 Å². The maximum atomic E-state index is 12.8. The van der Waals surface area contributed by atoms with Gasteiger partial charge >= 0.3 is 11.9 Å². The summed E-state index contributed by atoms with van der Waals surface area (Å²) in [4.78, 5) is 26.6. The molecule has 0 unspecified atom stereocenters. The van der Waals surface area contributed by atoms with Crippen LogP contribution in [0.15, 0.2) is 42.5 Å². The Morgan fingerprint density at radius 3 is 2.03 bits per heavy atom. The van der Waals surface area contributed by atoms with Crippen molar-refractivity contribution < 1.29 is 23.8 Å². The average Bonchev–Trinajstić information content (AvgIpc) is 3.17. The van der Waals surface area contributed by atoms with Crippen molar-refractivity contribution in [1.82, 2.24) is 0 Å². The number of thiophene rings is 1. The Morgan fingerprint density at radius 2 is 1.45 bits per heavy atom. The van der Waals surface area contributed by atoms with Gasteiger partial charge in [0.15, 0.2) is 0 Å². The van der Waals surface area contributed by atoms with E-state index in [9.17, 15) is 9.59 Å². The molecule has 0 radical (unpaired) electrons.